The summed E-state index contributed by atoms with van der Waals surface area (Å²) in [4.78, 5) is 51.3. The van der Waals surface area contributed by atoms with Gasteiger partial charge in [-0.2, -0.15) is 0 Å². The van der Waals surface area contributed by atoms with E-state index in [0.29, 0.717) is 31.6 Å². The molecule has 1 heterocycles. The van der Waals surface area contributed by atoms with Gasteiger partial charge in [-0.15, -0.1) is 0 Å². The maximum absolute atomic E-state index is 13.7. The van der Waals surface area contributed by atoms with Gasteiger partial charge in [0.15, 0.2) is 11.6 Å². The molecule has 1 aliphatic carbocycles. The number of rotatable bonds is 12. The molecule has 1 aliphatic heterocycles. The van der Waals surface area contributed by atoms with Crippen molar-refractivity contribution in [2.75, 3.05) is 13.2 Å². The maximum Gasteiger partial charge on any atom is 0.223 e. The predicted octanol–water partition coefficient (Wildman–Crippen LogP) is 4.26. The second kappa shape index (κ2) is 13.0. The van der Waals surface area contributed by atoms with Crippen molar-refractivity contribution in [3.8, 4) is 0 Å². The summed E-state index contributed by atoms with van der Waals surface area (Å²) in [5.74, 6) is -0.496. The molecule has 2 aromatic carbocycles. The van der Waals surface area contributed by atoms with Crippen molar-refractivity contribution in [1.82, 2.24) is 10.6 Å². The third-order valence-corrected chi connectivity index (χ3v) is 7.49. The fourth-order valence-electron chi connectivity index (χ4n) is 5.06. The zero-order valence-corrected chi connectivity index (χ0v) is 22.3. The SMILES string of the molecule is CC(=O)[C@H](NC(=O)C1CC1)c1cccc(CC(C)C(=O)[C@H](NC(=O)CC2CCOCC2)c2ccccc2)c1. The summed E-state index contributed by atoms with van der Waals surface area (Å²) >= 11 is 0. The summed E-state index contributed by atoms with van der Waals surface area (Å²) in [6.07, 6.45) is 4.27. The first-order chi connectivity index (χ1) is 18.3. The molecule has 2 amide bonds. The summed E-state index contributed by atoms with van der Waals surface area (Å²) in [6.45, 7) is 4.69. The van der Waals surface area contributed by atoms with Gasteiger partial charge in [0, 0.05) is 31.5 Å². The lowest BCUT2D eigenvalue weighted by Gasteiger charge is -2.25. The predicted molar refractivity (Wildman–Crippen MR) is 144 cm³/mol. The number of amides is 2. The van der Waals surface area contributed by atoms with Crippen LogP contribution in [-0.4, -0.2) is 36.6 Å². The lowest BCUT2D eigenvalue weighted by molar-refractivity contribution is -0.130. The molecule has 1 unspecified atom stereocenters. The molecule has 38 heavy (non-hydrogen) atoms. The lowest BCUT2D eigenvalue weighted by atomic mass is 9.88. The van der Waals surface area contributed by atoms with E-state index in [1.165, 1.54) is 6.92 Å². The van der Waals surface area contributed by atoms with E-state index in [-0.39, 0.29) is 41.1 Å². The first-order valence-corrected chi connectivity index (χ1v) is 13.7. The molecule has 1 saturated carbocycles. The van der Waals surface area contributed by atoms with E-state index in [9.17, 15) is 19.2 Å². The van der Waals surface area contributed by atoms with Crippen molar-refractivity contribution in [2.45, 2.75) is 64.5 Å². The molecule has 2 fully saturated rings. The Kier molecular flexibility index (Phi) is 9.45. The molecule has 0 aromatic heterocycles. The Morgan fingerprint density at radius 2 is 1.55 bits per heavy atom. The van der Waals surface area contributed by atoms with Gasteiger partial charge >= 0.3 is 0 Å². The van der Waals surface area contributed by atoms with E-state index in [2.05, 4.69) is 10.6 Å². The Morgan fingerprint density at radius 3 is 2.21 bits per heavy atom. The molecule has 0 bridgehead atoms. The van der Waals surface area contributed by atoms with Crippen LogP contribution in [0.4, 0.5) is 0 Å². The van der Waals surface area contributed by atoms with Crippen molar-refractivity contribution in [2.24, 2.45) is 17.8 Å². The Bertz CT molecular complexity index is 1140. The zero-order chi connectivity index (χ0) is 27.1. The monoisotopic (exact) mass is 518 g/mol. The van der Waals surface area contributed by atoms with Crippen molar-refractivity contribution < 1.29 is 23.9 Å². The Balaban J connectivity index is 1.45. The number of Topliss-reactive ketones (excluding diaryl/α,β-unsaturated/α-hetero) is 2. The molecule has 2 aromatic rings. The molecule has 7 nitrogen and oxygen atoms in total. The minimum atomic E-state index is -0.732. The van der Waals surface area contributed by atoms with Crippen molar-refractivity contribution >= 4 is 23.4 Å². The van der Waals surface area contributed by atoms with Crippen LogP contribution in [0.2, 0.25) is 0 Å². The molecule has 2 aliphatic rings. The van der Waals surface area contributed by atoms with Gasteiger partial charge in [0.25, 0.3) is 0 Å². The topological polar surface area (TPSA) is 102 Å². The van der Waals surface area contributed by atoms with Crippen LogP contribution in [0.5, 0.6) is 0 Å². The third-order valence-electron chi connectivity index (χ3n) is 7.49. The van der Waals surface area contributed by atoms with Gasteiger partial charge < -0.3 is 15.4 Å². The molecule has 0 radical (unpaired) electrons. The van der Waals surface area contributed by atoms with Crippen LogP contribution in [0.15, 0.2) is 54.6 Å². The van der Waals surface area contributed by atoms with Crippen LogP contribution in [-0.2, 0) is 30.3 Å². The lowest BCUT2D eigenvalue weighted by Crippen LogP contribution is -2.38. The average molecular weight is 519 g/mol. The summed E-state index contributed by atoms with van der Waals surface area (Å²) in [5.41, 5.74) is 2.38. The summed E-state index contributed by atoms with van der Waals surface area (Å²) in [7, 11) is 0. The van der Waals surface area contributed by atoms with Gasteiger partial charge in [0.05, 0.1) is 0 Å². The van der Waals surface area contributed by atoms with Gasteiger partial charge in [-0.1, -0.05) is 61.5 Å². The summed E-state index contributed by atoms with van der Waals surface area (Å²) < 4.78 is 5.40. The van der Waals surface area contributed by atoms with Gasteiger partial charge in [-0.3, -0.25) is 19.2 Å². The molecule has 0 spiro atoms. The third kappa shape index (κ3) is 7.60. The highest BCUT2D eigenvalue weighted by Crippen LogP contribution is 2.30. The molecular weight excluding hydrogens is 480 g/mol. The first-order valence-electron chi connectivity index (χ1n) is 13.7. The number of nitrogens with one attached hydrogen (secondary N) is 2. The van der Waals surface area contributed by atoms with E-state index in [0.717, 1.165) is 36.8 Å². The number of carbonyl (C=O) groups excluding carboxylic acids is 4. The summed E-state index contributed by atoms with van der Waals surface area (Å²) in [5, 5.41) is 5.89. The zero-order valence-electron chi connectivity index (χ0n) is 22.3. The molecule has 7 heteroatoms. The quantitative estimate of drug-likeness (QED) is 0.437. The van der Waals surface area contributed by atoms with Crippen molar-refractivity contribution in [3.63, 3.8) is 0 Å². The molecule has 202 valence electrons. The normalized spacial score (nSPS) is 18.2. The number of carbonyl (C=O) groups is 4. The van der Waals surface area contributed by atoms with Gasteiger partial charge in [0.2, 0.25) is 11.8 Å². The molecule has 4 rings (SSSR count). The highest BCUT2D eigenvalue weighted by atomic mass is 16.5. The van der Waals surface area contributed by atoms with E-state index >= 15 is 0 Å². The van der Waals surface area contributed by atoms with Crippen molar-refractivity contribution in [3.05, 3.63) is 71.3 Å². The molecule has 2 N–H and O–H groups in total. The highest BCUT2D eigenvalue weighted by molar-refractivity contribution is 5.92. The van der Waals surface area contributed by atoms with Crippen LogP contribution < -0.4 is 10.6 Å². The van der Waals surface area contributed by atoms with Crippen LogP contribution in [0.25, 0.3) is 0 Å². The first kappa shape index (κ1) is 27.7. The smallest absolute Gasteiger partial charge is 0.223 e. The fourth-order valence-corrected chi connectivity index (χ4v) is 5.06. The van der Waals surface area contributed by atoms with E-state index in [1.807, 2.05) is 61.5 Å². The number of hydrogen-bond donors (Lipinski definition) is 2. The van der Waals surface area contributed by atoms with Crippen LogP contribution >= 0.6 is 0 Å². The minimum Gasteiger partial charge on any atom is -0.381 e. The minimum absolute atomic E-state index is 0.00857. The van der Waals surface area contributed by atoms with Gasteiger partial charge in [-0.05, 0) is 61.6 Å². The number of benzene rings is 2. The van der Waals surface area contributed by atoms with Crippen LogP contribution in [0, 0.1) is 17.8 Å². The molecule has 3 atom stereocenters. The van der Waals surface area contributed by atoms with E-state index < -0.39 is 12.1 Å². The van der Waals surface area contributed by atoms with E-state index in [4.69, 9.17) is 4.74 Å². The standard InChI is InChI=1S/C31H38N2O5/c1-20(17-23-7-6-10-26(18-23)28(21(2)34)33-31(37)25-11-12-25)30(36)29(24-8-4-3-5-9-24)32-27(35)19-22-13-15-38-16-14-22/h3-10,18,20,22,25,28-29H,11-17,19H2,1-2H3,(H,32,35)(H,33,37)/t20?,28-,29+/m0/s1. The summed E-state index contributed by atoms with van der Waals surface area (Å²) in [6, 6.07) is 15.4. The second-order valence-corrected chi connectivity index (χ2v) is 10.8. The van der Waals surface area contributed by atoms with Crippen LogP contribution in [0.1, 0.15) is 74.7 Å². The van der Waals surface area contributed by atoms with Crippen LogP contribution in [0.3, 0.4) is 0 Å². The number of ketones is 2. The Hall–Kier alpha value is -3.32. The average Bonchev–Trinajstić information content (AvgIpc) is 3.77. The molecule has 1 saturated heterocycles. The number of ether oxygens (including phenoxy) is 1. The van der Waals surface area contributed by atoms with Gasteiger partial charge in [-0.25, -0.2) is 0 Å². The molecular formula is C31H38N2O5. The Labute approximate surface area is 224 Å². The fraction of sp³-hybridized carbons (Fsp3) is 0.484. The van der Waals surface area contributed by atoms with Gasteiger partial charge in [0.1, 0.15) is 12.1 Å². The number of hydrogen-bond acceptors (Lipinski definition) is 5. The van der Waals surface area contributed by atoms with E-state index in [1.54, 1.807) is 0 Å². The largest absolute Gasteiger partial charge is 0.381 e. The van der Waals surface area contributed by atoms with Crippen molar-refractivity contribution in [1.29, 1.82) is 0 Å². The maximum atomic E-state index is 13.7. The Morgan fingerprint density at radius 1 is 0.868 bits per heavy atom. The second-order valence-electron chi connectivity index (χ2n) is 10.8. The highest BCUT2D eigenvalue weighted by Gasteiger charge is 2.33.